The van der Waals surface area contributed by atoms with Crippen LogP contribution in [0.5, 0.6) is 0 Å². The van der Waals surface area contributed by atoms with Gasteiger partial charge in [0.25, 0.3) is 11.8 Å². The average molecular weight is 416 g/mol. The summed E-state index contributed by atoms with van der Waals surface area (Å²) >= 11 is 0. The van der Waals surface area contributed by atoms with Gasteiger partial charge in [-0.1, -0.05) is 60.7 Å². The van der Waals surface area contributed by atoms with E-state index in [9.17, 15) is 14.4 Å². The van der Waals surface area contributed by atoms with E-state index in [2.05, 4.69) is 10.6 Å². The summed E-state index contributed by atoms with van der Waals surface area (Å²) in [4.78, 5) is 36.2. The Hall–Kier alpha value is -3.93. The largest absolute Gasteiger partial charge is 0.454 e. The molecule has 0 aliphatic rings. The number of para-hydroxylation sites is 1. The SMILES string of the molecule is Cc1cccc(C)c1NC(=O)COC(=O)CNC(=O)c1ccc(-c2ccccc2)cc1. The maximum Gasteiger partial charge on any atom is 0.325 e. The number of carbonyl (C=O) groups excluding carboxylic acids is 3. The first-order chi connectivity index (χ1) is 14.9. The minimum Gasteiger partial charge on any atom is -0.454 e. The standard InChI is InChI=1S/C25H24N2O4/c1-17-7-6-8-18(2)24(17)27-22(28)16-31-23(29)15-26-25(30)21-13-11-20(12-14-21)19-9-4-3-5-10-19/h3-14H,15-16H2,1-2H3,(H,26,30)(H,27,28). The number of rotatable bonds is 7. The number of esters is 1. The van der Waals surface area contributed by atoms with Crippen molar-refractivity contribution in [3.63, 3.8) is 0 Å². The van der Waals surface area contributed by atoms with E-state index in [1.54, 1.807) is 12.1 Å². The summed E-state index contributed by atoms with van der Waals surface area (Å²) in [7, 11) is 0. The van der Waals surface area contributed by atoms with Gasteiger partial charge in [0.15, 0.2) is 6.61 Å². The summed E-state index contributed by atoms with van der Waals surface area (Å²) in [5.41, 5.74) is 5.02. The van der Waals surface area contributed by atoms with E-state index in [0.29, 0.717) is 11.3 Å². The Morgan fingerprint density at radius 2 is 1.39 bits per heavy atom. The Bertz CT molecular complexity index is 1060. The molecule has 0 bridgehead atoms. The van der Waals surface area contributed by atoms with Crippen LogP contribution in [0, 0.1) is 13.8 Å². The van der Waals surface area contributed by atoms with E-state index in [4.69, 9.17) is 4.74 Å². The van der Waals surface area contributed by atoms with Crippen LogP contribution in [0.25, 0.3) is 11.1 Å². The molecule has 0 spiro atoms. The van der Waals surface area contributed by atoms with E-state index in [1.165, 1.54) is 0 Å². The Balaban J connectivity index is 1.45. The molecule has 2 amide bonds. The van der Waals surface area contributed by atoms with Gasteiger partial charge in [-0.25, -0.2) is 0 Å². The van der Waals surface area contributed by atoms with Crippen molar-refractivity contribution in [2.24, 2.45) is 0 Å². The molecule has 3 rings (SSSR count). The third-order valence-electron chi connectivity index (χ3n) is 4.76. The van der Waals surface area contributed by atoms with Crippen molar-refractivity contribution in [2.45, 2.75) is 13.8 Å². The van der Waals surface area contributed by atoms with Gasteiger partial charge in [0.2, 0.25) is 0 Å². The predicted molar refractivity (Wildman–Crippen MR) is 120 cm³/mol. The van der Waals surface area contributed by atoms with Gasteiger partial charge in [-0.2, -0.15) is 0 Å². The molecule has 0 aliphatic heterocycles. The number of hydrogen-bond donors (Lipinski definition) is 2. The third-order valence-corrected chi connectivity index (χ3v) is 4.76. The number of ether oxygens (including phenoxy) is 1. The lowest BCUT2D eigenvalue weighted by Crippen LogP contribution is -2.32. The first-order valence-electron chi connectivity index (χ1n) is 9.89. The van der Waals surface area contributed by atoms with Gasteiger partial charge in [0.05, 0.1) is 0 Å². The van der Waals surface area contributed by atoms with Gasteiger partial charge in [-0.3, -0.25) is 14.4 Å². The lowest BCUT2D eigenvalue weighted by molar-refractivity contribution is -0.146. The highest BCUT2D eigenvalue weighted by Gasteiger charge is 2.12. The van der Waals surface area contributed by atoms with Crippen LogP contribution >= 0.6 is 0 Å². The number of anilines is 1. The minimum atomic E-state index is -0.689. The summed E-state index contributed by atoms with van der Waals surface area (Å²) in [6, 6.07) is 22.6. The van der Waals surface area contributed by atoms with Gasteiger partial charge < -0.3 is 15.4 Å². The quantitative estimate of drug-likeness (QED) is 0.573. The first-order valence-corrected chi connectivity index (χ1v) is 9.89. The molecular weight excluding hydrogens is 392 g/mol. The molecule has 0 aromatic heterocycles. The van der Waals surface area contributed by atoms with Crippen molar-refractivity contribution in [1.29, 1.82) is 0 Å². The van der Waals surface area contributed by atoms with Crippen LogP contribution in [0.3, 0.4) is 0 Å². The van der Waals surface area contributed by atoms with E-state index in [0.717, 1.165) is 22.3 Å². The van der Waals surface area contributed by atoms with Crippen LogP contribution in [-0.4, -0.2) is 30.9 Å². The number of benzene rings is 3. The molecule has 0 fully saturated rings. The molecule has 31 heavy (non-hydrogen) atoms. The molecule has 3 aromatic rings. The normalized spacial score (nSPS) is 10.3. The molecule has 158 valence electrons. The Morgan fingerprint density at radius 3 is 2.03 bits per heavy atom. The average Bonchev–Trinajstić information content (AvgIpc) is 2.79. The zero-order valence-electron chi connectivity index (χ0n) is 17.5. The number of carbonyl (C=O) groups is 3. The van der Waals surface area contributed by atoms with E-state index in [-0.39, 0.29) is 6.54 Å². The Labute approximate surface area is 181 Å². The summed E-state index contributed by atoms with van der Waals surface area (Å²) in [6.07, 6.45) is 0. The van der Waals surface area contributed by atoms with Crippen LogP contribution in [0.15, 0.2) is 72.8 Å². The van der Waals surface area contributed by atoms with Crippen molar-refractivity contribution in [3.8, 4) is 11.1 Å². The summed E-state index contributed by atoms with van der Waals surface area (Å²) < 4.78 is 4.95. The third kappa shape index (κ3) is 6.02. The van der Waals surface area contributed by atoms with Crippen molar-refractivity contribution in [3.05, 3.63) is 89.5 Å². The highest BCUT2D eigenvalue weighted by Crippen LogP contribution is 2.20. The monoisotopic (exact) mass is 416 g/mol. The summed E-state index contributed by atoms with van der Waals surface area (Å²) in [6.45, 7) is 3.03. The molecule has 2 N–H and O–H groups in total. The fourth-order valence-electron chi connectivity index (χ4n) is 3.08. The van der Waals surface area contributed by atoms with E-state index < -0.39 is 24.4 Å². The summed E-state index contributed by atoms with van der Waals surface area (Å²) in [5, 5.41) is 5.24. The van der Waals surface area contributed by atoms with E-state index in [1.807, 2.05) is 74.5 Å². The smallest absolute Gasteiger partial charge is 0.325 e. The second-order valence-corrected chi connectivity index (χ2v) is 7.10. The molecule has 6 heteroatoms. The molecule has 6 nitrogen and oxygen atoms in total. The molecule has 0 unspecified atom stereocenters. The predicted octanol–water partition coefficient (Wildman–Crippen LogP) is 3.88. The Morgan fingerprint density at radius 1 is 0.774 bits per heavy atom. The fourth-order valence-corrected chi connectivity index (χ4v) is 3.08. The molecular formula is C25H24N2O4. The van der Waals surface area contributed by atoms with Gasteiger partial charge in [-0.05, 0) is 48.2 Å². The lowest BCUT2D eigenvalue weighted by atomic mass is 10.0. The first kappa shape index (κ1) is 21.8. The topological polar surface area (TPSA) is 84.5 Å². The van der Waals surface area contributed by atoms with Crippen molar-refractivity contribution < 1.29 is 19.1 Å². The minimum absolute atomic E-state index is 0.323. The maximum absolute atomic E-state index is 12.3. The van der Waals surface area contributed by atoms with Crippen LogP contribution < -0.4 is 10.6 Å². The second-order valence-electron chi connectivity index (χ2n) is 7.10. The van der Waals surface area contributed by atoms with Crippen LogP contribution in [0.1, 0.15) is 21.5 Å². The fraction of sp³-hybridized carbons (Fsp3) is 0.160. The summed E-state index contributed by atoms with van der Waals surface area (Å²) in [5.74, 6) is -1.52. The zero-order valence-corrected chi connectivity index (χ0v) is 17.5. The van der Waals surface area contributed by atoms with Gasteiger partial charge >= 0.3 is 5.97 Å². The number of hydrogen-bond acceptors (Lipinski definition) is 4. The molecule has 0 radical (unpaired) electrons. The molecule has 0 saturated heterocycles. The second kappa shape index (κ2) is 10.2. The van der Waals surface area contributed by atoms with Gasteiger partial charge in [0, 0.05) is 11.3 Å². The number of nitrogens with one attached hydrogen (secondary N) is 2. The molecule has 0 aliphatic carbocycles. The molecule has 0 saturated carbocycles. The molecule has 0 atom stereocenters. The number of amides is 2. The van der Waals surface area contributed by atoms with E-state index >= 15 is 0 Å². The highest BCUT2D eigenvalue weighted by atomic mass is 16.5. The van der Waals surface area contributed by atoms with Crippen molar-refractivity contribution in [2.75, 3.05) is 18.5 Å². The van der Waals surface area contributed by atoms with Gasteiger partial charge in [-0.15, -0.1) is 0 Å². The highest BCUT2D eigenvalue weighted by molar-refractivity contribution is 5.97. The van der Waals surface area contributed by atoms with Crippen molar-refractivity contribution in [1.82, 2.24) is 5.32 Å². The lowest BCUT2D eigenvalue weighted by Gasteiger charge is -2.12. The molecule has 3 aromatic carbocycles. The van der Waals surface area contributed by atoms with Crippen LogP contribution in [0.2, 0.25) is 0 Å². The van der Waals surface area contributed by atoms with Crippen LogP contribution in [-0.2, 0) is 14.3 Å². The van der Waals surface area contributed by atoms with Crippen LogP contribution in [0.4, 0.5) is 5.69 Å². The van der Waals surface area contributed by atoms with Crippen molar-refractivity contribution >= 4 is 23.5 Å². The Kier molecular flexibility index (Phi) is 7.17. The number of aryl methyl sites for hydroxylation is 2. The zero-order chi connectivity index (χ0) is 22.2. The van der Waals surface area contributed by atoms with Gasteiger partial charge in [0.1, 0.15) is 6.54 Å². The molecule has 0 heterocycles. The maximum atomic E-state index is 12.3.